The van der Waals surface area contributed by atoms with Crippen molar-refractivity contribution in [3.8, 4) is 33.4 Å². The highest BCUT2D eigenvalue weighted by Crippen LogP contribution is 2.52. The molecule has 9 aromatic rings. The molecule has 0 radical (unpaired) electrons. The van der Waals surface area contributed by atoms with Crippen LogP contribution in [0.25, 0.3) is 66.1 Å². The molecule has 0 saturated carbocycles. The molecule has 0 unspecified atom stereocenters. The molecule has 20 nitrogen and oxygen atoms in total. The largest absolute Gasteiger partial charge is 0.479 e. The number of esters is 2. The Morgan fingerprint density at radius 3 is 0.963 bits per heavy atom. The molecule has 0 bridgehead atoms. The van der Waals surface area contributed by atoms with Crippen LogP contribution in [0.3, 0.4) is 0 Å². The third-order valence-corrected chi connectivity index (χ3v) is 21.2. The van der Waals surface area contributed by atoms with Crippen molar-refractivity contribution in [3.63, 3.8) is 0 Å². The van der Waals surface area contributed by atoms with Crippen molar-refractivity contribution in [1.82, 2.24) is 13.7 Å². The summed E-state index contributed by atoms with van der Waals surface area (Å²) in [5, 5.41) is 13.6. The summed E-state index contributed by atoms with van der Waals surface area (Å²) in [6, 6.07) is 31.8. The number of benzene rings is 6. The van der Waals surface area contributed by atoms with Gasteiger partial charge in [0, 0.05) is 122 Å². The average molecular weight is 1510 g/mol. The Hall–Kier alpha value is -8.54. The Morgan fingerprint density at radius 2 is 0.706 bits per heavy atom. The topological polar surface area (TPSA) is 204 Å². The van der Waals surface area contributed by atoms with Crippen LogP contribution in [-0.2, 0) is 81.5 Å². The molecule has 3 aliphatic heterocycles. The third kappa shape index (κ3) is 18.1. The van der Waals surface area contributed by atoms with E-state index in [4.69, 9.17) is 37.3 Å². The Labute approximate surface area is 645 Å². The zero-order valence-corrected chi connectivity index (χ0v) is 69.5. The van der Waals surface area contributed by atoms with Gasteiger partial charge in [0.25, 0.3) is 10.1 Å². The molecule has 588 valence electrons. The maximum absolute atomic E-state index is 13.3. The summed E-state index contributed by atoms with van der Waals surface area (Å²) in [6.07, 6.45) is -1.85. The lowest BCUT2D eigenvalue weighted by Gasteiger charge is -2.36. The fourth-order valence-corrected chi connectivity index (χ4v) is 16.3. The normalized spacial score (nSPS) is 14.5. The number of nitrogens with zero attached hydrogens (tertiary/aromatic N) is 6. The second kappa shape index (κ2) is 33.6. The molecule has 21 heteroatoms. The van der Waals surface area contributed by atoms with Gasteiger partial charge in [0.15, 0.2) is 18.3 Å². The summed E-state index contributed by atoms with van der Waals surface area (Å²) >= 11 is 0. The van der Waals surface area contributed by atoms with E-state index in [0.29, 0.717) is 39.5 Å². The number of aliphatic carboxylic acids is 1. The zero-order chi connectivity index (χ0) is 79.7. The molecule has 3 aliphatic rings. The van der Waals surface area contributed by atoms with Crippen LogP contribution in [0.5, 0.6) is 0 Å². The van der Waals surface area contributed by atoms with E-state index < -0.39 is 57.2 Å². The molecule has 6 aromatic carbocycles. The Balaban J connectivity index is 0.000000174. The van der Waals surface area contributed by atoms with Crippen LogP contribution in [0, 0.1) is 62.3 Å². The predicted molar refractivity (Wildman–Crippen MR) is 438 cm³/mol. The number of aromatic nitrogens is 3. The molecule has 3 atom stereocenters. The van der Waals surface area contributed by atoms with Crippen LogP contribution in [0.15, 0.2) is 91.0 Å². The van der Waals surface area contributed by atoms with E-state index >= 15 is 0 Å². The molecule has 0 fully saturated rings. The Bertz CT molecular complexity index is 4930. The van der Waals surface area contributed by atoms with Crippen LogP contribution in [0.1, 0.15) is 162 Å². The van der Waals surface area contributed by atoms with Gasteiger partial charge in [-0.2, -0.15) is 8.42 Å². The van der Waals surface area contributed by atoms with Gasteiger partial charge in [-0.05, 0) is 207 Å². The van der Waals surface area contributed by atoms with Crippen molar-refractivity contribution in [1.29, 1.82) is 0 Å². The average Bonchev–Trinajstić information content (AvgIpc) is 1.65. The highest BCUT2D eigenvalue weighted by molar-refractivity contribution is 7.86. The summed E-state index contributed by atoms with van der Waals surface area (Å²) in [5.41, 5.74) is 23.1. The molecule has 0 saturated heterocycles. The summed E-state index contributed by atoms with van der Waals surface area (Å²) in [4.78, 5) is 46.2. The summed E-state index contributed by atoms with van der Waals surface area (Å²) < 4.78 is 76.5. The van der Waals surface area contributed by atoms with Crippen molar-refractivity contribution in [2.45, 2.75) is 193 Å². The fourth-order valence-electron chi connectivity index (χ4n) is 15.9. The lowest BCUT2D eigenvalue weighted by atomic mass is 9.87. The highest BCUT2D eigenvalue weighted by atomic mass is 32.2. The number of carboxylic acids is 1. The number of methoxy groups -OCH3 is 2. The number of carbonyl (C=O) groups excluding carboxylic acids is 2. The van der Waals surface area contributed by atoms with Crippen molar-refractivity contribution in [2.75, 3.05) is 107 Å². The first-order chi connectivity index (χ1) is 51.3. The van der Waals surface area contributed by atoms with Crippen LogP contribution in [0.4, 0.5) is 17.1 Å². The summed E-state index contributed by atoms with van der Waals surface area (Å²) in [7, 11) is -0.754. The first-order valence-corrected chi connectivity index (χ1v) is 40.0. The van der Waals surface area contributed by atoms with E-state index in [0.717, 1.165) is 174 Å². The van der Waals surface area contributed by atoms with E-state index in [1.54, 1.807) is 0 Å². The standard InChI is InChI=1S/C30H40N2O4.C29H38N2O6S.C29H38N2O4/c1-9-35-17-16-31-14-15-32-20(3)18-23-25(22-12-10-19(2)11-13-22)24(21(4)26(31)27(23)32)28(29(33)34-8)36-30(5,6)7;1-18-9-11-21(12-10-18)24-22-17-19(2)31-14-13-30(15-16-36-38(8,33)34)25(26(22)31)20(3)23(24)27(28(32)35-7)37-29(4,5)6;1-8-34-16-15-30-13-14-31-19(3)17-22-24(21-11-9-18(2)10-12-21)23(20(4)25(30)26(22)31)27(28(32)33)35-29(5,6)7/h10-13,18,28H,9,14-17H2,1-8H3;9-12,17,27H,13-16H2,1-8H3;9-12,17,27H,8,13-16H2,1-7H3,(H,32,33)/t28-;2*27-/m000/s1. The minimum Gasteiger partial charge on any atom is -0.479 e. The van der Waals surface area contributed by atoms with Gasteiger partial charge in [0.1, 0.15) is 0 Å². The van der Waals surface area contributed by atoms with Gasteiger partial charge >= 0.3 is 17.9 Å². The van der Waals surface area contributed by atoms with Crippen molar-refractivity contribution in [2.24, 2.45) is 0 Å². The highest BCUT2D eigenvalue weighted by Gasteiger charge is 2.41. The number of aryl methyl sites for hydroxylation is 6. The second-order valence-electron chi connectivity index (χ2n) is 32.1. The van der Waals surface area contributed by atoms with Gasteiger partial charge < -0.3 is 66.7 Å². The molecule has 6 heterocycles. The smallest absolute Gasteiger partial charge is 0.339 e. The monoisotopic (exact) mass is 1510 g/mol. The van der Waals surface area contributed by atoms with Crippen LogP contribution in [0.2, 0.25) is 0 Å². The molecular formula is C88H116N6O14S. The maximum Gasteiger partial charge on any atom is 0.339 e. The molecular weight excluding hydrogens is 1400 g/mol. The van der Waals surface area contributed by atoms with E-state index in [-0.39, 0.29) is 12.6 Å². The first-order valence-electron chi connectivity index (χ1n) is 38.2. The number of ether oxygens (including phenoxy) is 7. The van der Waals surface area contributed by atoms with E-state index in [1.807, 2.05) is 90.0 Å². The lowest BCUT2D eigenvalue weighted by molar-refractivity contribution is -0.164. The van der Waals surface area contributed by atoms with Crippen molar-refractivity contribution >= 4 is 77.8 Å². The number of hydrogen-bond donors (Lipinski definition) is 1. The zero-order valence-electron chi connectivity index (χ0n) is 68.6. The van der Waals surface area contributed by atoms with Crippen molar-refractivity contribution in [3.05, 3.63) is 158 Å². The molecule has 0 spiro atoms. The number of carbonyl (C=O) groups is 3. The molecule has 0 aliphatic carbocycles. The van der Waals surface area contributed by atoms with Gasteiger partial charge in [0.2, 0.25) is 0 Å². The predicted octanol–water partition coefficient (Wildman–Crippen LogP) is 17.2. The molecule has 12 rings (SSSR count). The minimum absolute atomic E-state index is 0.0351. The lowest BCUT2D eigenvalue weighted by Crippen LogP contribution is -2.36. The summed E-state index contributed by atoms with van der Waals surface area (Å²) in [5.74, 6) is -1.83. The van der Waals surface area contributed by atoms with Gasteiger partial charge in [0.05, 0.1) is 90.7 Å². The molecule has 1 N–H and O–H groups in total. The maximum atomic E-state index is 13.3. The molecule has 0 amide bonds. The summed E-state index contributed by atoms with van der Waals surface area (Å²) in [6.45, 7) is 49.8. The fraction of sp³-hybridized carbons (Fsp3) is 0.489. The van der Waals surface area contributed by atoms with Crippen LogP contribution in [-0.4, -0.2) is 155 Å². The van der Waals surface area contributed by atoms with E-state index in [1.165, 1.54) is 42.2 Å². The quantitative estimate of drug-likeness (QED) is 0.0339. The number of carboxylic acid groups (broad SMARTS) is 1. The van der Waals surface area contributed by atoms with E-state index in [9.17, 15) is 27.9 Å². The SMILES string of the molecule is CCOCCN1CCn2c(C)cc3c(-c4ccc(C)cc4)c([C@H](OC(C)(C)C)C(=O)O)c(C)c1c32.CCOCCN1CCn2c(C)cc3c(-c4ccc(C)cc4)c([C@H](OC(C)(C)C)C(=O)OC)c(C)c1c32.COC(=O)[C@@H](OC(C)(C)C)c1c(C)c2c3c(cc(C)n3CCN2CCOS(C)(=O)=O)c1-c1ccc(C)cc1. The number of anilines is 3. The van der Waals surface area contributed by atoms with Gasteiger partial charge in [-0.15, -0.1) is 0 Å². The second-order valence-corrected chi connectivity index (χ2v) is 33.7. The number of rotatable bonds is 24. The Morgan fingerprint density at radius 1 is 0.431 bits per heavy atom. The van der Waals surface area contributed by atoms with Crippen LogP contribution >= 0.6 is 0 Å². The van der Waals surface area contributed by atoms with Crippen molar-refractivity contribution < 1.29 is 65.2 Å². The minimum atomic E-state index is -3.56. The van der Waals surface area contributed by atoms with Crippen LogP contribution < -0.4 is 14.7 Å². The Kier molecular flexibility index (Phi) is 25.5. The van der Waals surface area contributed by atoms with Gasteiger partial charge in [-0.3, -0.25) is 4.18 Å². The van der Waals surface area contributed by atoms with Gasteiger partial charge in [-0.25, -0.2) is 14.4 Å². The van der Waals surface area contributed by atoms with E-state index in [2.05, 4.69) is 168 Å². The molecule has 109 heavy (non-hydrogen) atoms. The van der Waals surface area contributed by atoms with Gasteiger partial charge in [-0.1, -0.05) is 89.5 Å². The third-order valence-electron chi connectivity index (χ3n) is 20.6. The molecule has 3 aromatic heterocycles. The number of hydrogen-bond acceptors (Lipinski definition) is 16. The first kappa shape index (κ1) is 82.9.